The topological polar surface area (TPSA) is 118 Å². The zero-order valence-electron chi connectivity index (χ0n) is 30.9. The molecule has 1 saturated carbocycles. The summed E-state index contributed by atoms with van der Waals surface area (Å²) < 4.78 is 44.6. The normalized spacial score (nSPS) is 23.0. The van der Waals surface area contributed by atoms with Crippen molar-refractivity contribution in [1.82, 2.24) is 23.9 Å². The molecule has 3 aliphatic rings. The Balaban J connectivity index is 1.54. The molecule has 2 amide bonds. The number of rotatable bonds is 11. The number of sulfonamides is 1. The lowest BCUT2D eigenvalue weighted by Crippen LogP contribution is -2.59. The number of ether oxygens (including phenoxy) is 2. The Hall–Kier alpha value is -2.94. The van der Waals surface area contributed by atoms with Crippen LogP contribution >= 0.6 is 0 Å². The Kier molecular flexibility index (Phi) is 10.4. The molecule has 0 N–H and O–H groups in total. The second kappa shape index (κ2) is 13.6. The SMILES string of the molecule is C=CC(=O)N1CCC(n2ncc3c(N4C[C@@H](C)N(C(=O)OC(C)(C)C)[C@@H](C)C4)cc(S(=O)(=O)N(COCC[Si](C)(C)C)C4(C)CC4)cc32)C1. The van der Waals surface area contributed by atoms with Crippen LogP contribution in [0.25, 0.3) is 10.9 Å². The predicted molar refractivity (Wildman–Crippen MR) is 195 cm³/mol. The number of benzene rings is 1. The molecule has 3 fully saturated rings. The molecule has 0 spiro atoms. The third-order valence-electron chi connectivity index (χ3n) is 9.90. The number of hydrogen-bond donors (Lipinski definition) is 0. The van der Waals surface area contributed by atoms with E-state index in [-0.39, 0.29) is 41.8 Å². The van der Waals surface area contributed by atoms with Crippen molar-refractivity contribution in [1.29, 1.82) is 0 Å². The number of amides is 2. The Labute approximate surface area is 293 Å². The number of anilines is 1. The van der Waals surface area contributed by atoms with Gasteiger partial charge in [0.1, 0.15) is 12.3 Å². The lowest BCUT2D eigenvalue weighted by molar-refractivity contribution is -0.125. The monoisotopic (exact) mass is 716 g/mol. The molecule has 1 aromatic heterocycles. The number of hydrogen-bond acceptors (Lipinski definition) is 8. The van der Waals surface area contributed by atoms with Gasteiger partial charge in [-0.3, -0.25) is 14.4 Å². The Morgan fingerprint density at radius 1 is 1.12 bits per heavy atom. The largest absolute Gasteiger partial charge is 0.444 e. The van der Waals surface area contributed by atoms with Gasteiger partial charge in [-0.25, -0.2) is 13.2 Å². The third kappa shape index (κ3) is 8.18. The standard InChI is InChI=1S/C35H56N6O6SSi/c1-11-32(42)37-15-12-27(23-37)41-31-19-28(48(44,45)39(35(7)13-14-35)24-46-16-17-49(8,9)10)18-30(29(31)20-36-41)38-21-25(2)40(26(3)22-38)33(43)47-34(4,5)6/h11,18-20,25-27H,1,12-17,21-24H2,2-10H3/t25-,26+,27?. The number of carbonyl (C=O) groups excluding carboxylic acids is 2. The fourth-order valence-corrected chi connectivity index (χ4v) is 9.38. The van der Waals surface area contributed by atoms with E-state index in [9.17, 15) is 18.0 Å². The summed E-state index contributed by atoms with van der Waals surface area (Å²) in [4.78, 5) is 31.5. The molecule has 3 heterocycles. The molecular formula is C35H56N6O6SSi. The summed E-state index contributed by atoms with van der Waals surface area (Å²) >= 11 is 0. The van der Waals surface area contributed by atoms with Gasteiger partial charge in [-0.2, -0.15) is 9.40 Å². The minimum absolute atomic E-state index is 0.000172. The van der Waals surface area contributed by atoms with Crippen molar-refractivity contribution in [3.63, 3.8) is 0 Å². The molecule has 0 radical (unpaired) electrons. The second-order valence-corrected chi connectivity index (χ2v) is 24.1. The summed E-state index contributed by atoms with van der Waals surface area (Å²) in [5, 5.41) is 5.63. The molecule has 2 saturated heterocycles. The van der Waals surface area contributed by atoms with Gasteiger partial charge in [-0.15, -0.1) is 0 Å². The van der Waals surface area contributed by atoms with Crippen LogP contribution < -0.4 is 4.90 Å². The summed E-state index contributed by atoms with van der Waals surface area (Å²) in [6.45, 7) is 24.5. The number of nitrogens with zero attached hydrogens (tertiary/aromatic N) is 6. The van der Waals surface area contributed by atoms with Crippen LogP contribution in [0.5, 0.6) is 0 Å². The average Bonchev–Trinajstić information content (AvgIpc) is 3.35. The molecule has 272 valence electrons. The Morgan fingerprint density at radius 2 is 1.78 bits per heavy atom. The summed E-state index contributed by atoms with van der Waals surface area (Å²) in [7, 11) is -5.35. The van der Waals surface area contributed by atoms with Gasteiger partial charge in [0, 0.05) is 57.5 Å². The molecule has 14 heteroatoms. The molecular weight excluding hydrogens is 661 g/mol. The van der Waals surface area contributed by atoms with Gasteiger partial charge in [0.25, 0.3) is 0 Å². The van der Waals surface area contributed by atoms with Crippen LogP contribution in [-0.2, 0) is 24.3 Å². The highest BCUT2D eigenvalue weighted by Gasteiger charge is 2.50. The maximum absolute atomic E-state index is 14.7. The quantitative estimate of drug-likeness (QED) is 0.126. The Bertz CT molecular complexity index is 1670. The first-order chi connectivity index (χ1) is 22.7. The highest BCUT2D eigenvalue weighted by Crippen LogP contribution is 2.45. The van der Waals surface area contributed by atoms with Crippen LogP contribution in [0, 0.1) is 0 Å². The first-order valence-corrected chi connectivity index (χ1v) is 22.7. The van der Waals surface area contributed by atoms with E-state index >= 15 is 0 Å². The molecule has 1 aromatic carbocycles. The van der Waals surface area contributed by atoms with Gasteiger partial charge < -0.3 is 19.3 Å². The summed E-state index contributed by atoms with van der Waals surface area (Å²) in [6.07, 6.45) is 5.00. The van der Waals surface area contributed by atoms with E-state index in [1.165, 1.54) is 6.08 Å². The van der Waals surface area contributed by atoms with E-state index in [0.29, 0.717) is 44.7 Å². The molecule has 2 aromatic rings. The van der Waals surface area contributed by atoms with Gasteiger partial charge >= 0.3 is 6.09 Å². The number of aromatic nitrogens is 2. The van der Waals surface area contributed by atoms with Crippen LogP contribution in [0.2, 0.25) is 25.7 Å². The molecule has 1 aliphatic carbocycles. The average molecular weight is 717 g/mol. The first kappa shape index (κ1) is 37.3. The maximum atomic E-state index is 14.7. The minimum Gasteiger partial charge on any atom is -0.444 e. The van der Waals surface area contributed by atoms with Crippen molar-refractivity contribution >= 4 is 46.7 Å². The molecule has 0 bridgehead atoms. The van der Waals surface area contributed by atoms with Crippen LogP contribution in [0.15, 0.2) is 35.9 Å². The zero-order chi connectivity index (χ0) is 36.1. The van der Waals surface area contributed by atoms with Crippen molar-refractivity contribution in [2.45, 2.75) is 121 Å². The van der Waals surface area contributed by atoms with Crippen molar-refractivity contribution < 1.29 is 27.5 Å². The van der Waals surface area contributed by atoms with Gasteiger partial charge in [-0.05, 0) is 85.1 Å². The highest BCUT2D eigenvalue weighted by atomic mass is 32.2. The van der Waals surface area contributed by atoms with E-state index in [1.54, 1.807) is 32.4 Å². The van der Waals surface area contributed by atoms with E-state index in [0.717, 1.165) is 30.0 Å². The molecule has 5 rings (SSSR count). The minimum atomic E-state index is -3.99. The fraction of sp³-hybridized carbons (Fsp3) is 0.686. The van der Waals surface area contributed by atoms with Crippen molar-refractivity contribution in [3.8, 4) is 0 Å². The van der Waals surface area contributed by atoms with Crippen molar-refractivity contribution in [3.05, 3.63) is 31.0 Å². The van der Waals surface area contributed by atoms with E-state index in [1.807, 2.05) is 46.2 Å². The predicted octanol–water partition coefficient (Wildman–Crippen LogP) is 5.69. The van der Waals surface area contributed by atoms with Crippen LogP contribution in [-0.4, -0.2) is 115 Å². The number of likely N-dealkylation sites (tertiary alicyclic amines) is 1. The number of fused-ring (bicyclic) bond motifs is 1. The smallest absolute Gasteiger partial charge is 0.410 e. The molecule has 12 nitrogen and oxygen atoms in total. The first-order valence-electron chi connectivity index (χ1n) is 17.5. The van der Waals surface area contributed by atoms with Gasteiger partial charge in [-0.1, -0.05) is 26.2 Å². The van der Waals surface area contributed by atoms with Crippen molar-refractivity contribution in [2.24, 2.45) is 0 Å². The van der Waals surface area contributed by atoms with Crippen LogP contribution in [0.1, 0.15) is 66.8 Å². The second-order valence-electron chi connectivity index (χ2n) is 16.6. The number of carbonyl (C=O) groups is 2. The van der Waals surface area contributed by atoms with E-state index < -0.39 is 29.2 Å². The van der Waals surface area contributed by atoms with E-state index in [2.05, 4.69) is 31.1 Å². The van der Waals surface area contributed by atoms with Gasteiger partial charge in [0.05, 0.1) is 34.7 Å². The van der Waals surface area contributed by atoms with Gasteiger partial charge in [0.2, 0.25) is 15.9 Å². The van der Waals surface area contributed by atoms with Gasteiger partial charge in [0.15, 0.2) is 0 Å². The van der Waals surface area contributed by atoms with Crippen LogP contribution in [0.4, 0.5) is 10.5 Å². The third-order valence-corrected chi connectivity index (χ3v) is 13.6. The summed E-state index contributed by atoms with van der Waals surface area (Å²) in [6, 6.07) is 3.96. The summed E-state index contributed by atoms with van der Waals surface area (Å²) in [5.41, 5.74) is 0.324. The lowest BCUT2D eigenvalue weighted by Gasteiger charge is -2.45. The van der Waals surface area contributed by atoms with E-state index in [4.69, 9.17) is 14.6 Å². The zero-order valence-corrected chi connectivity index (χ0v) is 32.7. The van der Waals surface area contributed by atoms with Crippen molar-refractivity contribution in [2.75, 3.05) is 44.4 Å². The fourth-order valence-electron chi connectivity index (χ4n) is 6.87. The Morgan fingerprint density at radius 3 is 2.35 bits per heavy atom. The maximum Gasteiger partial charge on any atom is 0.410 e. The molecule has 49 heavy (non-hydrogen) atoms. The lowest BCUT2D eigenvalue weighted by atomic mass is 10.1. The number of piperazine rings is 1. The summed E-state index contributed by atoms with van der Waals surface area (Å²) in [5.74, 6) is -0.129. The molecule has 1 unspecified atom stereocenters. The molecule has 3 atom stereocenters. The highest BCUT2D eigenvalue weighted by molar-refractivity contribution is 7.89. The molecule has 2 aliphatic heterocycles. The van der Waals surface area contributed by atoms with Crippen LogP contribution in [0.3, 0.4) is 0 Å².